The number of hydrogen-bond donors (Lipinski definition) is 0. The predicted molar refractivity (Wildman–Crippen MR) is 82.5 cm³/mol. The van der Waals surface area contributed by atoms with Gasteiger partial charge in [-0.2, -0.15) is 0 Å². The first kappa shape index (κ1) is 15.3. The van der Waals surface area contributed by atoms with E-state index in [0.717, 1.165) is 36.3 Å². The van der Waals surface area contributed by atoms with E-state index in [0.29, 0.717) is 13.2 Å². The molecule has 21 heavy (non-hydrogen) atoms. The zero-order chi connectivity index (χ0) is 14.7. The Hall–Kier alpha value is -0.610. The molecule has 1 aromatic rings. The van der Waals surface area contributed by atoms with E-state index in [1.54, 1.807) is 0 Å². The molecule has 1 spiro atoms. The molecule has 1 heterocycles. The maximum atomic E-state index is 6.38. The summed E-state index contributed by atoms with van der Waals surface area (Å²) < 4.78 is 18.3. The van der Waals surface area contributed by atoms with Gasteiger partial charge >= 0.3 is 0 Å². The summed E-state index contributed by atoms with van der Waals surface area (Å²) in [5.74, 6) is -0.427. The molecule has 1 aliphatic heterocycles. The second-order valence-corrected chi connectivity index (χ2v) is 6.25. The van der Waals surface area contributed by atoms with Crippen molar-refractivity contribution in [2.45, 2.75) is 57.0 Å². The summed E-state index contributed by atoms with van der Waals surface area (Å²) in [5.41, 5.74) is 1.01. The fourth-order valence-corrected chi connectivity index (χ4v) is 3.57. The smallest absolute Gasteiger partial charge is 0.169 e. The highest BCUT2D eigenvalue weighted by Gasteiger charge is 2.48. The summed E-state index contributed by atoms with van der Waals surface area (Å²) in [5, 5.41) is 0.737. The molecule has 1 aromatic carbocycles. The summed E-state index contributed by atoms with van der Waals surface area (Å²) >= 11 is 6.35. The summed E-state index contributed by atoms with van der Waals surface area (Å²) in [6.07, 6.45) is 5.31. The number of hydrogen-bond acceptors (Lipinski definition) is 3. The molecule has 3 nitrogen and oxygen atoms in total. The largest absolute Gasteiger partial charge is 0.379 e. The van der Waals surface area contributed by atoms with Crippen molar-refractivity contribution in [2.24, 2.45) is 0 Å². The molecule has 1 unspecified atom stereocenters. The lowest BCUT2D eigenvalue weighted by Crippen LogP contribution is -2.33. The fraction of sp³-hybridized carbons (Fsp3) is 0.647. The van der Waals surface area contributed by atoms with Crippen molar-refractivity contribution in [3.05, 3.63) is 34.9 Å². The Morgan fingerprint density at radius 2 is 1.95 bits per heavy atom. The van der Waals surface area contributed by atoms with Crippen molar-refractivity contribution in [3.8, 4) is 0 Å². The number of rotatable bonds is 4. The quantitative estimate of drug-likeness (QED) is 0.820. The molecule has 2 aliphatic rings. The molecule has 0 aromatic heterocycles. The van der Waals surface area contributed by atoms with Gasteiger partial charge in [0.15, 0.2) is 5.79 Å². The molecule has 0 N–H and O–H groups in total. The SMILES string of the molecule is CCOC[C@H]1OC2(CCCCC2)OC1c1ccccc1Cl. The number of ether oxygens (including phenoxy) is 3. The lowest BCUT2D eigenvalue weighted by Gasteiger charge is -2.32. The van der Waals surface area contributed by atoms with Crippen molar-refractivity contribution in [1.82, 2.24) is 0 Å². The van der Waals surface area contributed by atoms with Crippen LogP contribution in [0.1, 0.15) is 50.7 Å². The molecule has 2 fully saturated rings. The number of halogens is 1. The molecule has 0 bridgehead atoms. The third kappa shape index (κ3) is 3.26. The van der Waals surface area contributed by atoms with Crippen LogP contribution in [0.15, 0.2) is 24.3 Å². The molecule has 4 heteroatoms. The normalized spacial score (nSPS) is 28.1. The van der Waals surface area contributed by atoms with Gasteiger partial charge in [-0.15, -0.1) is 0 Å². The van der Waals surface area contributed by atoms with Crippen molar-refractivity contribution >= 4 is 11.6 Å². The minimum absolute atomic E-state index is 0.0806. The molecule has 1 saturated carbocycles. The third-order valence-electron chi connectivity index (χ3n) is 4.36. The van der Waals surface area contributed by atoms with Gasteiger partial charge in [0.2, 0.25) is 0 Å². The van der Waals surface area contributed by atoms with Crippen LogP contribution in [-0.2, 0) is 14.2 Å². The Bertz CT molecular complexity index is 471. The lowest BCUT2D eigenvalue weighted by atomic mass is 9.94. The van der Waals surface area contributed by atoms with Gasteiger partial charge in [-0.25, -0.2) is 0 Å². The average molecular weight is 311 g/mol. The van der Waals surface area contributed by atoms with E-state index in [9.17, 15) is 0 Å². The van der Waals surface area contributed by atoms with Gasteiger partial charge in [0.1, 0.15) is 12.2 Å². The third-order valence-corrected chi connectivity index (χ3v) is 4.70. The van der Waals surface area contributed by atoms with E-state index < -0.39 is 5.79 Å². The van der Waals surface area contributed by atoms with Crippen LogP contribution < -0.4 is 0 Å². The predicted octanol–water partition coefficient (Wildman–Crippen LogP) is 4.49. The highest BCUT2D eigenvalue weighted by Crippen LogP contribution is 2.47. The van der Waals surface area contributed by atoms with Gasteiger partial charge in [-0.1, -0.05) is 36.2 Å². The minimum Gasteiger partial charge on any atom is -0.379 e. The van der Waals surface area contributed by atoms with Crippen LogP contribution in [0.4, 0.5) is 0 Å². The van der Waals surface area contributed by atoms with Gasteiger partial charge < -0.3 is 14.2 Å². The maximum absolute atomic E-state index is 6.38. The van der Waals surface area contributed by atoms with Crippen LogP contribution in [-0.4, -0.2) is 25.1 Å². The molecule has 0 radical (unpaired) electrons. The lowest BCUT2D eigenvalue weighted by molar-refractivity contribution is -0.197. The first-order valence-corrected chi connectivity index (χ1v) is 8.30. The summed E-state index contributed by atoms with van der Waals surface area (Å²) in [4.78, 5) is 0. The Labute approximate surface area is 131 Å². The van der Waals surface area contributed by atoms with Crippen LogP contribution in [0, 0.1) is 0 Å². The average Bonchev–Trinajstić information content (AvgIpc) is 2.84. The summed E-state index contributed by atoms with van der Waals surface area (Å²) in [6, 6.07) is 7.87. The monoisotopic (exact) mass is 310 g/mol. The van der Waals surface area contributed by atoms with E-state index in [-0.39, 0.29) is 12.2 Å². The maximum Gasteiger partial charge on any atom is 0.169 e. The molecule has 1 saturated heterocycles. The minimum atomic E-state index is -0.427. The van der Waals surface area contributed by atoms with E-state index in [4.69, 9.17) is 25.8 Å². The summed E-state index contributed by atoms with van der Waals surface area (Å²) in [6.45, 7) is 3.23. The van der Waals surface area contributed by atoms with Gasteiger partial charge in [-0.3, -0.25) is 0 Å². The van der Waals surface area contributed by atoms with Crippen LogP contribution in [0.25, 0.3) is 0 Å². The van der Waals surface area contributed by atoms with Gasteiger partial charge in [0.05, 0.1) is 6.61 Å². The highest BCUT2D eigenvalue weighted by atomic mass is 35.5. The van der Waals surface area contributed by atoms with Crippen LogP contribution >= 0.6 is 11.6 Å². The fourth-order valence-electron chi connectivity index (χ4n) is 3.32. The van der Waals surface area contributed by atoms with Gasteiger partial charge in [-0.05, 0) is 25.8 Å². The van der Waals surface area contributed by atoms with Crippen molar-refractivity contribution in [3.63, 3.8) is 0 Å². The van der Waals surface area contributed by atoms with E-state index in [2.05, 4.69) is 0 Å². The van der Waals surface area contributed by atoms with Crippen molar-refractivity contribution < 1.29 is 14.2 Å². The molecule has 3 rings (SSSR count). The van der Waals surface area contributed by atoms with E-state index >= 15 is 0 Å². The Balaban J connectivity index is 1.83. The molecule has 2 atom stereocenters. The van der Waals surface area contributed by atoms with Crippen LogP contribution in [0.2, 0.25) is 5.02 Å². The van der Waals surface area contributed by atoms with Crippen molar-refractivity contribution in [1.29, 1.82) is 0 Å². The molecule has 0 amide bonds. The first-order valence-electron chi connectivity index (χ1n) is 7.92. The van der Waals surface area contributed by atoms with Gasteiger partial charge in [0, 0.05) is 30.0 Å². The highest BCUT2D eigenvalue weighted by molar-refractivity contribution is 6.31. The van der Waals surface area contributed by atoms with Crippen molar-refractivity contribution in [2.75, 3.05) is 13.2 Å². The van der Waals surface area contributed by atoms with Gasteiger partial charge in [0.25, 0.3) is 0 Å². The topological polar surface area (TPSA) is 27.7 Å². The molecule has 116 valence electrons. The number of benzene rings is 1. The zero-order valence-corrected chi connectivity index (χ0v) is 13.3. The summed E-state index contributed by atoms with van der Waals surface area (Å²) in [7, 11) is 0. The second kappa shape index (κ2) is 6.66. The Morgan fingerprint density at radius 1 is 1.19 bits per heavy atom. The first-order chi connectivity index (χ1) is 10.2. The molecular weight excluding hydrogens is 288 g/mol. The Morgan fingerprint density at radius 3 is 2.67 bits per heavy atom. The standard InChI is InChI=1S/C17H23ClO3/c1-2-19-12-15-16(13-8-4-5-9-14(13)18)21-17(20-15)10-6-3-7-11-17/h4-5,8-9,15-16H,2-3,6-7,10-12H2,1H3/t15-,16?/m1/s1. The second-order valence-electron chi connectivity index (χ2n) is 5.85. The molecule has 1 aliphatic carbocycles. The van der Waals surface area contributed by atoms with E-state index in [1.165, 1.54) is 6.42 Å². The van der Waals surface area contributed by atoms with Crippen LogP contribution in [0.3, 0.4) is 0 Å². The van der Waals surface area contributed by atoms with Crippen LogP contribution in [0.5, 0.6) is 0 Å². The molecular formula is C17H23ClO3. The van der Waals surface area contributed by atoms with E-state index in [1.807, 2.05) is 31.2 Å². The zero-order valence-electron chi connectivity index (χ0n) is 12.5. The Kier molecular flexibility index (Phi) is 4.85.